The highest BCUT2D eigenvalue weighted by molar-refractivity contribution is 6.04. The molecule has 0 unspecified atom stereocenters. The first-order valence-electron chi connectivity index (χ1n) is 12.3. The second-order valence-corrected chi connectivity index (χ2v) is 8.98. The van der Waals surface area contributed by atoms with Gasteiger partial charge in [0.05, 0.1) is 13.2 Å². The van der Waals surface area contributed by atoms with Crippen LogP contribution in [-0.2, 0) is 30.2 Å². The van der Waals surface area contributed by atoms with Gasteiger partial charge in [0.2, 0.25) is 0 Å². The molecule has 11 nitrogen and oxygen atoms in total. The fourth-order valence-corrected chi connectivity index (χ4v) is 4.26. The molecular formula is C28H29N3O8. The average Bonchev–Trinajstić information content (AvgIpc) is 3.31. The van der Waals surface area contributed by atoms with Crippen LogP contribution in [0.2, 0.25) is 0 Å². The van der Waals surface area contributed by atoms with Crippen molar-refractivity contribution in [1.82, 2.24) is 9.55 Å². The Morgan fingerprint density at radius 2 is 1.77 bits per heavy atom. The molecule has 2 heterocycles. The van der Waals surface area contributed by atoms with Crippen LogP contribution in [0.4, 0.5) is 5.82 Å². The largest absolute Gasteiger partial charge is 0.497 e. The zero-order chi connectivity index (χ0) is 27.9. The summed E-state index contributed by atoms with van der Waals surface area (Å²) in [6.45, 7) is 2.48. The van der Waals surface area contributed by atoms with Gasteiger partial charge in [-0.3, -0.25) is 19.0 Å². The molecule has 1 N–H and O–H groups in total. The van der Waals surface area contributed by atoms with Gasteiger partial charge >= 0.3 is 17.6 Å². The van der Waals surface area contributed by atoms with E-state index in [1.165, 1.54) is 25.5 Å². The zero-order valence-electron chi connectivity index (χ0n) is 21.8. The van der Waals surface area contributed by atoms with E-state index in [-0.39, 0.29) is 18.8 Å². The number of aromatic nitrogens is 2. The predicted molar refractivity (Wildman–Crippen MR) is 139 cm³/mol. The van der Waals surface area contributed by atoms with E-state index in [4.69, 9.17) is 18.9 Å². The molecule has 1 aliphatic rings. The lowest BCUT2D eigenvalue weighted by Crippen LogP contribution is -2.35. The number of esters is 2. The van der Waals surface area contributed by atoms with Crippen LogP contribution in [0.15, 0.2) is 65.6 Å². The van der Waals surface area contributed by atoms with E-state index in [1.54, 1.807) is 30.5 Å². The van der Waals surface area contributed by atoms with Crippen LogP contribution in [0.5, 0.6) is 5.75 Å². The molecule has 1 aromatic heterocycles. The van der Waals surface area contributed by atoms with Crippen LogP contribution in [0, 0.1) is 0 Å². The molecule has 0 spiro atoms. The molecule has 0 aliphatic carbocycles. The van der Waals surface area contributed by atoms with Crippen LogP contribution < -0.4 is 15.7 Å². The van der Waals surface area contributed by atoms with Crippen LogP contribution in [0.3, 0.4) is 0 Å². The highest BCUT2D eigenvalue weighted by atomic mass is 16.6. The van der Waals surface area contributed by atoms with Crippen molar-refractivity contribution in [2.24, 2.45) is 0 Å². The number of amides is 1. The topological polar surface area (TPSA) is 135 Å². The van der Waals surface area contributed by atoms with E-state index in [1.807, 2.05) is 30.3 Å². The molecule has 1 aliphatic heterocycles. The van der Waals surface area contributed by atoms with Gasteiger partial charge in [0.1, 0.15) is 24.3 Å². The fraction of sp³-hybridized carbons (Fsp3) is 0.321. The first-order valence-corrected chi connectivity index (χ1v) is 12.3. The zero-order valence-corrected chi connectivity index (χ0v) is 21.8. The Morgan fingerprint density at radius 1 is 1.05 bits per heavy atom. The molecule has 1 amide bonds. The fourth-order valence-electron chi connectivity index (χ4n) is 4.26. The highest BCUT2D eigenvalue weighted by Gasteiger charge is 2.40. The minimum atomic E-state index is -1.00. The smallest absolute Gasteiger partial charge is 0.351 e. The van der Waals surface area contributed by atoms with Gasteiger partial charge in [0.15, 0.2) is 6.23 Å². The van der Waals surface area contributed by atoms with E-state index in [0.717, 1.165) is 5.56 Å². The van der Waals surface area contributed by atoms with Crippen LogP contribution >= 0.6 is 0 Å². The minimum absolute atomic E-state index is 0.0569. The normalized spacial score (nSPS) is 18.3. The summed E-state index contributed by atoms with van der Waals surface area (Å²) in [5, 5.41) is 2.74. The van der Waals surface area contributed by atoms with Crippen LogP contribution in [0.25, 0.3) is 0 Å². The standard InChI is InChI=1S/C28H29N3O8/c1-17(32)37-16-23-14-24(38-18(2)33)27(39-23)31-15-21(13-19-7-5-4-6-8-19)25(30-28(31)35)29-26(34)20-9-11-22(36-3)12-10-20/h4-12,15,23-24,27H,13-14,16H2,1-3H3,(H,29,30,34,35)/t23-,24+,27+/m0/s1. The van der Waals surface area contributed by atoms with Crippen molar-refractivity contribution < 1.29 is 33.3 Å². The third kappa shape index (κ3) is 7.08. The van der Waals surface area contributed by atoms with Crippen molar-refractivity contribution in [2.45, 2.75) is 45.1 Å². The molecule has 1 saturated heterocycles. The maximum atomic E-state index is 13.2. The van der Waals surface area contributed by atoms with E-state index in [9.17, 15) is 19.2 Å². The second-order valence-electron chi connectivity index (χ2n) is 8.98. The number of benzene rings is 2. The van der Waals surface area contributed by atoms with Crippen molar-refractivity contribution in [2.75, 3.05) is 19.0 Å². The number of ether oxygens (including phenoxy) is 4. The Balaban J connectivity index is 1.68. The minimum Gasteiger partial charge on any atom is -0.497 e. The van der Waals surface area contributed by atoms with Crippen LogP contribution in [-0.4, -0.2) is 53.3 Å². The molecule has 0 saturated carbocycles. The molecule has 39 heavy (non-hydrogen) atoms. The molecule has 0 bridgehead atoms. The number of hydrogen-bond acceptors (Lipinski definition) is 9. The summed E-state index contributed by atoms with van der Waals surface area (Å²) in [6.07, 6.45) is -0.312. The first-order chi connectivity index (χ1) is 18.7. The highest BCUT2D eigenvalue weighted by Crippen LogP contribution is 2.32. The van der Waals surface area contributed by atoms with Crippen LogP contribution in [0.1, 0.15) is 48.0 Å². The molecule has 3 aromatic rings. The number of anilines is 1. The SMILES string of the molecule is COc1ccc(C(=O)Nc2nc(=O)n([C@@H]3O[C@H](COC(C)=O)C[C@H]3OC(C)=O)cc2Cc2ccccc2)cc1. The second kappa shape index (κ2) is 12.4. The summed E-state index contributed by atoms with van der Waals surface area (Å²) in [6, 6.07) is 16.0. The number of carbonyl (C=O) groups is 3. The third-order valence-corrected chi connectivity index (χ3v) is 6.06. The molecule has 11 heteroatoms. The van der Waals surface area contributed by atoms with Gasteiger partial charge in [-0.1, -0.05) is 30.3 Å². The number of carbonyl (C=O) groups excluding carboxylic acids is 3. The molecular weight excluding hydrogens is 506 g/mol. The Kier molecular flexibility index (Phi) is 8.72. The lowest BCUT2D eigenvalue weighted by atomic mass is 10.1. The van der Waals surface area contributed by atoms with Crippen molar-refractivity contribution in [3.05, 3.63) is 88.0 Å². The Bertz CT molecular complexity index is 1390. The molecule has 204 valence electrons. The molecule has 4 rings (SSSR count). The van der Waals surface area contributed by atoms with E-state index in [0.29, 0.717) is 23.3 Å². The number of hydrogen-bond donors (Lipinski definition) is 1. The van der Waals surface area contributed by atoms with Gasteiger partial charge in [0, 0.05) is 44.0 Å². The Labute approximate surface area is 224 Å². The number of nitrogens with zero attached hydrogens (tertiary/aromatic N) is 2. The van der Waals surface area contributed by atoms with Gasteiger partial charge in [-0.25, -0.2) is 4.79 Å². The quantitative estimate of drug-likeness (QED) is 0.410. The molecule has 2 aromatic carbocycles. The Hall–Kier alpha value is -4.51. The summed E-state index contributed by atoms with van der Waals surface area (Å²) in [7, 11) is 1.53. The predicted octanol–water partition coefficient (Wildman–Crippen LogP) is 2.88. The van der Waals surface area contributed by atoms with Gasteiger partial charge in [-0.05, 0) is 29.8 Å². The summed E-state index contributed by atoms with van der Waals surface area (Å²) in [4.78, 5) is 53.4. The molecule has 1 fully saturated rings. The lowest BCUT2D eigenvalue weighted by Gasteiger charge is -2.22. The lowest BCUT2D eigenvalue weighted by molar-refractivity contribution is -0.153. The van der Waals surface area contributed by atoms with E-state index >= 15 is 0 Å². The number of rotatable bonds is 9. The summed E-state index contributed by atoms with van der Waals surface area (Å²) >= 11 is 0. The van der Waals surface area contributed by atoms with Gasteiger partial charge in [-0.15, -0.1) is 0 Å². The summed E-state index contributed by atoms with van der Waals surface area (Å²) in [5.41, 5.74) is 1.10. The molecule has 3 atom stereocenters. The maximum Gasteiger partial charge on any atom is 0.351 e. The van der Waals surface area contributed by atoms with Crippen molar-refractivity contribution in [1.29, 1.82) is 0 Å². The Morgan fingerprint density at radius 3 is 2.41 bits per heavy atom. The van der Waals surface area contributed by atoms with Crippen molar-refractivity contribution in [3.63, 3.8) is 0 Å². The average molecular weight is 536 g/mol. The van der Waals surface area contributed by atoms with E-state index < -0.39 is 42.0 Å². The first kappa shape index (κ1) is 27.5. The maximum absolute atomic E-state index is 13.2. The van der Waals surface area contributed by atoms with Crippen molar-refractivity contribution >= 4 is 23.7 Å². The molecule has 0 radical (unpaired) electrons. The monoisotopic (exact) mass is 535 g/mol. The van der Waals surface area contributed by atoms with E-state index in [2.05, 4.69) is 10.3 Å². The number of nitrogens with one attached hydrogen (secondary N) is 1. The summed E-state index contributed by atoms with van der Waals surface area (Å²) in [5.74, 6) is -0.780. The third-order valence-electron chi connectivity index (χ3n) is 6.06. The van der Waals surface area contributed by atoms with Gasteiger partial charge in [0.25, 0.3) is 5.91 Å². The van der Waals surface area contributed by atoms with Gasteiger partial charge in [-0.2, -0.15) is 4.98 Å². The van der Waals surface area contributed by atoms with Gasteiger partial charge < -0.3 is 24.3 Å². The number of methoxy groups -OCH3 is 1. The summed E-state index contributed by atoms with van der Waals surface area (Å²) < 4.78 is 22.8. The van der Waals surface area contributed by atoms with Crippen molar-refractivity contribution in [3.8, 4) is 5.75 Å².